The Hall–Kier alpha value is -2.50. The second kappa shape index (κ2) is 6.44. The fraction of sp³-hybridized carbons (Fsp3) is 0.0769. The second-order valence-electron chi connectivity index (χ2n) is 3.59. The molecule has 1 heterocycles. The van der Waals surface area contributed by atoms with E-state index in [0.29, 0.717) is 5.69 Å². The Kier molecular flexibility index (Phi) is 4.93. The second-order valence-corrected chi connectivity index (χ2v) is 3.59. The number of nitrogen functional groups attached to an aromatic ring is 1. The molecule has 6 heteroatoms. The van der Waals surface area contributed by atoms with Gasteiger partial charge < -0.3 is 10.8 Å². The first-order chi connectivity index (χ1) is 8.91. The Bertz CT molecular complexity index is 547. The van der Waals surface area contributed by atoms with Crippen LogP contribution in [0.25, 0.3) is 11.3 Å². The summed E-state index contributed by atoms with van der Waals surface area (Å²) in [5.74, 6) is -2.10. The van der Waals surface area contributed by atoms with Crippen LogP contribution in [-0.2, 0) is 4.79 Å². The van der Waals surface area contributed by atoms with E-state index >= 15 is 0 Å². The third-order valence-electron chi connectivity index (χ3n) is 2.01. The predicted octanol–water partition coefficient (Wildman–Crippen LogP) is 2.70. The van der Waals surface area contributed by atoms with Gasteiger partial charge in [0.15, 0.2) is 0 Å². The quantitative estimate of drug-likeness (QED) is 0.832. The number of nitrogens with two attached hydrogens (primary N) is 1. The molecule has 0 aliphatic heterocycles. The highest BCUT2D eigenvalue weighted by atomic mass is 19.1. The Labute approximate surface area is 108 Å². The molecule has 2 rings (SSSR count). The number of carbonyl (C=O) groups is 1. The van der Waals surface area contributed by atoms with E-state index in [-0.39, 0.29) is 11.3 Å². The highest BCUT2D eigenvalue weighted by Gasteiger charge is 2.11. The molecule has 0 radical (unpaired) electrons. The Balaban J connectivity index is 0.000000399. The molecule has 3 N–H and O–H groups in total. The number of pyridine rings is 1. The minimum atomic E-state index is -0.833. The molecule has 1 aromatic carbocycles. The maximum absolute atomic E-state index is 13.3. The minimum absolute atomic E-state index is 0.127. The van der Waals surface area contributed by atoms with E-state index in [9.17, 15) is 8.78 Å². The van der Waals surface area contributed by atoms with Crippen LogP contribution < -0.4 is 5.73 Å². The number of anilines is 1. The Morgan fingerprint density at radius 1 is 1.21 bits per heavy atom. The number of aliphatic carboxylic acids is 1. The highest BCUT2D eigenvalue weighted by molar-refractivity contribution is 5.63. The number of benzene rings is 1. The first-order valence-corrected chi connectivity index (χ1v) is 5.27. The molecule has 19 heavy (non-hydrogen) atoms. The molecule has 1 aromatic heterocycles. The monoisotopic (exact) mass is 266 g/mol. The molecule has 0 saturated carbocycles. The molecule has 0 aliphatic carbocycles. The van der Waals surface area contributed by atoms with Gasteiger partial charge in [0.1, 0.15) is 11.6 Å². The maximum atomic E-state index is 13.3. The molecule has 2 aromatic rings. The van der Waals surface area contributed by atoms with Crippen LogP contribution in [0, 0.1) is 11.6 Å². The van der Waals surface area contributed by atoms with Gasteiger partial charge in [-0.05, 0) is 24.3 Å². The average Bonchev–Trinajstić information content (AvgIpc) is 2.30. The van der Waals surface area contributed by atoms with Crippen molar-refractivity contribution < 1.29 is 18.7 Å². The summed E-state index contributed by atoms with van der Waals surface area (Å²) in [7, 11) is 0. The SMILES string of the molecule is CC(=O)O.Nc1ccc(-c2c(F)cccc2F)nc1. The summed E-state index contributed by atoms with van der Waals surface area (Å²) in [6.07, 6.45) is 1.36. The van der Waals surface area contributed by atoms with Gasteiger partial charge in [-0.1, -0.05) is 6.07 Å². The lowest BCUT2D eigenvalue weighted by Gasteiger charge is -2.03. The van der Waals surface area contributed by atoms with Gasteiger partial charge >= 0.3 is 0 Å². The van der Waals surface area contributed by atoms with E-state index in [4.69, 9.17) is 15.6 Å². The lowest BCUT2D eigenvalue weighted by atomic mass is 10.1. The number of halogens is 2. The molecule has 0 atom stereocenters. The van der Waals surface area contributed by atoms with Crippen LogP contribution in [0.15, 0.2) is 36.5 Å². The molecule has 0 amide bonds. The largest absolute Gasteiger partial charge is 0.481 e. The van der Waals surface area contributed by atoms with E-state index in [2.05, 4.69) is 4.98 Å². The minimum Gasteiger partial charge on any atom is -0.481 e. The first-order valence-electron chi connectivity index (χ1n) is 5.27. The molecule has 100 valence electrons. The standard InChI is InChI=1S/C11H8F2N2.C2H4O2/c12-8-2-1-3-9(13)11(8)10-5-4-7(14)6-15-10;1-2(3)4/h1-6H,14H2;1H3,(H,3,4). The van der Waals surface area contributed by atoms with Crippen LogP contribution in [0.4, 0.5) is 14.5 Å². The number of nitrogens with zero attached hydrogens (tertiary/aromatic N) is 1. The van der Waals surface area contributed by atoms with Crippen molar-refractivity contribution in [3.8, 4) is 11.3 Å². The van der Waals surface area contributed by atoms with Crippen LogP contribution in [0.3, 0.4) is 0 Å². The van der Waals surface area contributed by atoms with E-state index in [0.717, 1.165) is 6.92 Å². The average molecular weight is 266 g/mol. The summed E-state index contributed by atoms with van der Waals surface area (Å²) in [5, 5.41) is 7.42. The van der Waals surface area contributed by atoms with Crippen molar-refractivity contribution in [3.63, 3.8) is 0 Å². The molecular formula is C13H12F2N2O2. The number of carboxylic acid groups (broad SMARTS) is 1. The van der Waals surface area contributed by atoms with E-state index in [1.807, 2.05) is 0 Å². The molecule has 0 spiro atoms. The van der Waals surface area contributed by atoms with Gasteiger partial charge in [0, 0.05) is 6.92 Å². The summed E-state index contributed by atoms with van der Waals surface area (Å²) in [5.41, 5.74) is 5.99. The fourth-order valence-corrected chi connectivity index (χ4v) is 1.30. The molecule has 0 fully saturated rings. The zero-order valence-electron chi connectivity index (χ0n) is 10.1. The Morgan fingerprint density at radius 3 is 2.16 bits per heavy atom. The predicted molar refractivity (Wildman–Crippen MR) is 67.3 cm³/mol. The van der Waals surface area contributed by atoms with Gasteiger partial charge in [0.2, 0.25) is 0 Å². The van der Waals surface area contributed by atoms with Crippen LogP contribution in [0.5, 0.6) is 0 Å². The molecule has 4 nitrogen and oxygen atoms in total. The summed E-state index contributed by atoms with van der Waals surface area (Å²) in [4.78, 5) is 12.9. The van der Waals surface area contributed by atoms with E-state index < -0.39 is 17.6 Å². The van der Waals surface area contributed by atoms with Crippen LogP contribution in [-0.4, -0.2) is 16.1 Å². The van der Waals surface area contributed by atoms with E-state index in [1.165, 1.54) is 30.5 Å². The molecule has 0 bridgehead atoms. The number of rotatable bonds is 1. The van der Waals surface area contributed by atoms with Gasteiger partial charge in [-0.25, -0.2) is 8.78 Å². The number of aromatic nitrogens is 1. The first kappa shape index (κ1) is 14.6. The van der Waals surface area contributed by atoms with Crippen molar-refractivity contribution in [2.75, 3.05) is 5.73 Å². The van der Waals surface area contributed by atoms with Gasteiger partial charge in [-0.3, -0.25) is 9.78 Å². The Morgan fingerprint density at radius 2 is 1.74 bits per heavy atom. The lowest BCUT2D eigenvalue weighted by Crippen LogP contribution is -1.93. The molecule has 0 saturated heterocycles. The summed E-state index contributed by atoms with van der Waals surface area (Å²) >= 11 is 0. The topological polar surface area (TPSA) is 76.2 Å². The summed E-state index contributed by atoms with van der Waals surface area (Å²) in [6.45, 7) is 1.08. The van der Waals surface area contributed by atoms with Gasteiger partial charge in [-0.2, -0.15) is 0 Å². The summed E-state index contributed by atoms with van der Waals surface area (Å²) < 4.78 is 26.7. The lowest BCUT2D eigenvalue weighted by molar-refractivity contribution is -0.134. The van der Waals surface area contributed by atoms with Crippen molar-refractivity contribution in [2.45, 2.75) is 6.92 Å². The van der Waals surface area contributed by atoms with Crippen molar-refractivity contribution in [3.05, 3.63) is 48.2 Å². The van der Waals surface area contributed by atoms with Gasteiger partial charge in [0.05, 0.1) is 23.1 Å². The third kappa shape index (κ3) is 4.34. The van der Waals surface area contributed by atoms with Gasteiger partial charge in [0.25, 0.3) is 5.97 Å². The number of hydrogen-bond acceptors (Lipinski definition) is 3. The molecular weight excluding hydrogens is 254 g/mol. The van der Waals surface area contributed by atoms with Crippen LogP contribution in [0.2, 0.25) is 0 Å². The number of carboxylic acids is 1. The van der Waals surface area contributed by atoms with Crippen molar-refractivity contribution in [1.29, 1.82) is 0 Å². The van der Waals surface area contributed by atoms with Crippen molar-refractivity contribution in [1.82, 2.24) is 4.98 Å². The van der Waals surface area contributed by atoms with E-state index in [1.54, 1.807) is 6.07 Å². The zero-order chi connectivity index (χ0) is 14.4. The van der Waals surface area contributed by atoms with Crippen molar-refractivity contribution in [2.24, 2.45) is 0 Å². The van der Waals surface area contributed by atoms with Crippen LogP contribution in [0.1, 0.15) is 6.92 Å². The maximum Gasteiger partial charge on any atom is 0.300 e. The third-order valence-corrected chi connectivity index (χ3v) is 2.01. The highest BCUT2D eigenvalue weighted by Crippen LogP contribution is 2.24. The van der Waals surface area contributed by atoms with Gasteiger partial charge in [-0.15, -0.1) is 0 Å². The summed E-state index contributed by atoms with van der Waals surface area (Å²) in [6, 6.07) is 6.73. The normalized spacial score (nSPS) is 9.42. The number of hydrogen-bond donors (Lipinski definition) is 2. The smallest absolute Gasteiger partial charge is 0.300 e. The fourth-order valence-electron chi connectivity index (χ4n) is 1.30. The zero-order valence-corrected chi connectivity index (χ0v) is 10.1. The van der Waals surface area contributed by atoms with Crippen LogP contribution >= 0.6 is 0 Å². The molecule has 0 unspecified atom stereocenters. The van der Waals surface area contributed by atoms with Crippen molar-refractivity contribution >= 4 is 11.7 Å². The molecule has 0 aliphatic rings.